The lowest BCUT2D eigenvalue weighted by Gasteiger charge is -2.27. The van der Waals surface area contributed by atoms with Gasteiger partial charge in [0.15, 0.2) is 0 Å². The van der Waals surface area contributed by atoms with Crippen LogP contribution < -0.4 is 5.32 Å². The van der Waals surface area contributed by atoms with Gasteiger partial charge in [-0.3, -0.25) is 14.5 Å². The molecule has 0 spiro atoms. The molecule has 0 aromatic heterocycles. The Balaban J connectivity index is 4.26. The quantitative estimate of drug-likeness (QED) is 0.615. The molecule has 0 aliphatic carbocycles. The first-order valence-corrected chi connectivity index (χ1v) is 6.71. The molecule has 2 N–H and O–H groups in total. The van der Waals surface area contributed by atoms with Crippen molar-refractivity contribution in [2.24, 2.45) is 0 Å². The predicted molar refractivity (Wildman–Crippen MR) is 71.5 cm³/mol. The van der Waals surface area contributed by atoms with Crippen molar-refractivity contribution in [3.05, 3.63) is 0 Å². The summed E-state index contributed by atoms with van der Waals surface area (Å²) in [7, 11) is 0. The number of rotatable bonds is 9. The van der Waals surface area contributed by atoms with Crippen molar-refractivity contribution in [2.75, 3.05) is 13.1 Å². The molecule has 2 atom stereocenters. The molecule has 5 nitrogen and oxygen atoms in total. The molecule has 0 radical (unpaired) electrons. The van der Waals surface area contributed by atoms with E-state index in [2.05, 4.69) is 17.1 Å². The van der Waals surface area contributed by atoms with E-state index in [4.69, 9.17) is 5.11 Å². The Morgan fingerprint density at radius 2 is 1.83 bits per heavy atom. The average Bonchev–Trinajstić information content (AvgIpc) is 2.33. The minimum atomic E-state index is -1.01. The molecule has 0 rings (SSSR count). The maximum absolute atomic E-state index is 11.9. The topological polar surface area (TPSA) is 69.6 Å². The molecule has 0 heterocycles. The van der Waals surface area contributed by atoms with Gasteiger partial charge in [0.2, 0.25) is 5.91 Å². The first-order valence-electron chi connectivity index (χ1n) is 6.71. The minimum Gasteiger partial charge on any atom is -0.480 e. The molecule has 0 fully saturated rings. The van der Waals surface area contributed by atoms with Crippen LogP contribution in [0.3, 0.4) is 0 Å². The summed E-state index contributed by atoms with van der Waals surface area (Å²) < 4.78 is 0. The van der Waals surface area contributed by atoms with Gasteiger partial charge in [0.25, 0.3) is 0 Å². The summed E-state index contributed by atoms with van der Waals surface area (Å²) >= 11 is 0. The molecule has 0 saturated heterocycles. The van der Waals surface area contributed by atoms with Crippen molar-refractivity contribution in [1.29, 1.82) is 0 Å². The summed E-state index contributed by atoms with van der Waals surface area (Å²) in [6.07, 6.45) is 3.36. The summed E-state index contributed by atoms with van der Waals surface area (Å²) in [6, 6.07) is -1.12. The molecule has 1 amide bonds. The number of likely N-dealkylation sites (N-methyl/N-ethyl adjacent to an activating group) is 1. The fraction of sp³-hybridized carbons (Fsp3) is 0.846. The number of carboxylic acid groups (broad SMARTS) is 1. The summed E-state index contributed by atoms with van der Waals surface area (Å²) in [5, 5.41) is 11.3. The Kier molecular flexibility index (Phi) is 8.37. The normalized spacial score (nSPS) is 14.3. The highest BCUT2D eigenvalue weighted by atomic mass is 16.4. The summed E-state index contributed by atoms with van der Waals surface area (Å²) in [4.78, 5) is 24.6. The predicted octanol–water partition coefficient (Wildman–Crippen LogP) is 1.48. The second kappa shape index (κ2) is 8.91. The van der Waals surface area contributed by atoms with Crippen LogP contribution in [0.25, 0.3) is 0 Å². The largest absolute Gasteiger partial charge is 0.480 e. The first-order chi connectivity index (χ1) is 8.43. The van der Waals surface area contributed by atoms with Crippen LogP contribution in [0.1, 0.15) is 47.0 Å². The maximum Gasteiger partial charge on any atom is 0.325 e. The van der Waals surface area contributed by atoms with E-state index in [0.717, 1.165) is 32.4 Å². The van der Waals surface area contributed by atoms with Gasteiger partial charge in [0, 0.05) is 0 Å². The first kappa shape index (κ1) is 16.9. The van der Waals surface area contributed by atoms with E-state index < -0.39 is 12.0 Å². The lowest BCUT2D eigenvalue weighted by atomic mass is 10.2. The zero-order valence-electron chi connectivity index (χ0n) is 11.9. The monoisotopic (exact) mass is 258 g/mol. The number of hydrogen-bond acceptors (Lipinski definition) is 3. The Morgan fingerprint density at radius 3 is 2.28 bits per heavy atom. The molecular weight excluding hydrogens is 232 g/mol. The smallest absolute Gasteiger partial charge is 0.325 e. The van der Waals surface area contributed by atoms with Gasteiger partial charge in [-0.1, -0.05) is 26.7 Å². The standard InChI is InChI=1S/C13H26N2O3/c1-5-7-8-9-15(6-2)11(4)12(16)14-10(3)13(17)18/h10-11H,5-9H2,1-4H3,(H,14,16)(H,17,18). The van der Waals surface area contributed by atoms with Gasteiger partial charge in [-0.2, -0.15) is 0 Å². The molecule has 0 aromatic carbocycles. The van der Waals surface area contributed by atoms with Gasteiger partial charge >= 0.3 is 5.97 Å². The fourth-order valence-corrected chi connectivity index (χ4v) is 1.75. The van der Waals surface area contributed by atoms with E-state index in [1.54, 1.807) is 0 Å². The van der Waals surface area contributed by atoms with Crippen LogP contribution in [0.4, 0.5) is 0 Å². The van der Waals surface area contributed by atoms with Crippen LogP contribution in [-0.4, -0.2) is 47.1 Å². The van der Waals surface area contributed by atoms with Crippen LogP contribution in [0.2, 0.25) is 0 Å². The third-order valence-electron chi connectivity index (χ3n) is 3.11. The van der Waals surface area contributed by atoms with Crippen LogP contribution in [-0.2, 0) is 9.59 Å². The van der Waals surface area contributed by atoms with E-state index >= 15 is 0 Å². The fourth-order valence-electron chi connectivity index (χ4n) is 1.75. The number of hydrogen-bond donors (Lipinski definition) is 2. The van der Waals surface area contributed by atoms with E-state index in [0.29, 0.717) is 0 Å². The molecule has 0 aromatic rings. The maximum atomic E-state index is 11.9. The molecule has 0 bridgehead atoms. The number of amides is 1. The van der Waals surface area contributed by atoms with Crippen molar-refractivity contribution in [2.45, 2.75) is 59.0 Å². The molecule has 2 unspecified atom stereocenters. The summed E-state index contributed by atoms with van der Waals surface area (Å²) in [5.74, 6) is -1.23. The number of carbonyl (C=O) groups excluding carboxylic acids is 1. The Hall–Kier alpha value is -1.10. The highest BCUT2D eigenvalue weighted by Gasteiger charge is 2.22. The lowest BCUT2D eigenvalue weighted by Crippen LogP contribution is -2.49. The third kappa shape index (κ3) is 6.00. The van der Waals surface area contributed by atoms with Crippen LogP contribution in [0.5, 0.6) is 0 Å². The summed E-state index contributed by atoms with van der Waals surface area (Å²) in [6.45, 7) is 9.11. The minimum absolute atomic E-state index is 0.219. The third-order valence-corrected chi connectivity index (χ3v) is 3.11. The average molecular weight is 258 g/mol. The second-order valence-electron chi connectivity index (χ2n) is 4.58. The van der Waals surface area contributed by atoms with Gasteiger partial charge < -0.3 is 10.4 Å². The molecule has 5 heteroatoms. The van der Waals surface area contributed by atoms with Crippen molar-refractivity contribution >= 4 is 11.9 Å². The van der Waals surface area contributed by atoms with Gasteiger partial charge in [0.05, 0.1) is 6.04 Å². The van der Waals surface area contributed by atoms with E-state index in [9.17, 15) is 9.59 Å². The Bertz CT molecular complexity index is 269. The van der Waals surface area contributed by atoms with E-state index in [1.807, 2.05) is 13.8 Å². The zero-order chi connectivity index (χ0) is 14.1. The molecule has 0 aliphatic rings. The van der Waals surface area contributed by atoms with Crippen LogP contribution in [0, 0.1) is 0 Å². The molecule has 18 heavy (non-hydrogen) atoms. The molecule has 106 valence electrons. The number of aliphatic carboxylic acids is 1. The number of carboxylic acids is 1. The lowest BCUT2D eigenvalue weighted by molar-refractivity contribution is -0.142. The molecule has 0 saturated carbocycles. The van der Waals surface area contributed by atoms with E-state index in [-0.39, 0.29) is 11.9 Å². The van der Waals surface area contributed by atoms with Gasteiger partial charge in [-0.15, -0.1) is 0 Å². The van der Waals surface area contributed by atoms with Crippen LogP contribution in [0.15, 0.2) is 0 Å². The van der Waals surface area contributed by atoms with Crippen molar-refractivity contribution in [3.8, 4) is 0 Å². The second-order valence-corrected chi connectivity index (χ2v) is 4.58. The van der Waals surface area contributed by atoms with Gasteiger partial charge in [0.1, 0.15) is 6.04 Å². The van der Waals surface area contributed by atoms with Crippen LogP contribution >= 0.6 is 0 Å². The number of nitrogens with one attached hydrogen (secondary N) is 1. The van der Waals surface area contributed by atoms with Crippen molar-refractivity contribution in [3.63, 3.8) is 0 Å². The SMILES string of the molecule is CCCCCN(CC)C(C)C(=O)NC(C)C(=O)O. The number of nitrogens with zero attached hydrogens (tertiary/aromatic N) is 1. The molecular formula is C13H26N2O3. The number of unbranched alkanes of at least 4 members (excludes halogenated alkanes) is 2. The summed E-state index contributed by atoms with van der Waals surface area (Å²) in [5.41, 5.74) is 0. The Morgan fingerprint density at radius 1 is 1.22 bits per heavy atom. The highest BCUT2D eigenvalue weighted by molar-refractivity contribution is 5.86. The highest BCUT2D eigenvalue weighted by Crippen LogP contribution is 2.04. The molecule has 0 aliphatic heterocycles. The van der Waals surface area contributed by atoms with Crippen molar-refractivity contribution in [1.82, 2.24) is 10.2 Å². The zero-order valence-corrected chi connectivity index (χ0v) is 11.9. The van der Waals surface area contributed by atoms with Gasteiger partial charge in [-0.05, 0) is 33.4 Å². The number of carbonyl (C=O) groups is 2. The van der Waals surface area contributed by atoms with Gasteiger partial charge in [-0.25, -0.2) is 0 Å². The van der Waals surface area contributed by atoms with Crippen molar-refractivity contribution < 1.29 is 14.7 Å². The Labute approximate surface area is 110 Å². The van der Waals surface area contributed by atoms with E-state index in [1.165, 1.54) is 6.92 Å².